The molecule has 1 unspecified atom stereocenters. The van der Waals surface area contributed by atoms with E-state index in [9.17, 15) is 4.79 Å². The van der Waals surface area contributed by atoms with Crippen LogP contribution in [0.3, 0.4) is 0 Å². The van der Waals surface area contributed by atoms with Crippen molar-refractivity contribution in [3.05, 3.63) is 30.1 Å². The van der Waals surface area contributed by atoms with Gasteiger partial charge in [0.15, 0.2) is 0 Å². The Morgan fingerprint density at radius 1 is 1.41 bits per heavy atom. The monoisotopic (exact) mass is 305 g/mol. The van der Waals surface area contributed by atoms with Gasteiger partial charge < -0.3 is 15.4 Å². The Morgan fingerprint density at radius 3 is 2.59 bits per heavy atom. The van der Waals surface area contributed by atoms with Gasteiger partial charge in [-0.3, -0.25) is 4.98 Å². The Kier molecular flexibility index (Phi) is 5.40. The lowest BCUT2D eigenvalue weighted by molar-refractivity contribution is 0.0174. The Labute approximate surface area is 132 Å². The van der Waals surface area contributed by atoms with Crippen LogP contribution in [-0.2, 0) is 4.74 Å². The molecule has 1 fully saturated rings. The van der Waals surface area contributed by atoms with Gasteiger partial charge in [-0.15, -0.1) is 0 Å². The molecule has 2 heterocycles. The summed E-state index contributed by atoms with van der Waals surface area (Å²) in [6.45, 7) is 7.72. The second kappa shape index (κ2) is 7.09. The Hall–Kier alpha value is -1.62. The number of hydrogen-bond donors (Lipinski definition) is 1. The Morgan fingerprint density at radius 2 is 2.09 bits per heavy atom. The second-order valence-corrected chi connectivity index (χ2v) is 6.90. The molecule has 1 aromatic heterocycles. The first-order valence-electron chi connectivity index (χ1n) is 7.99. The summed E-state index contributed by atoms with van der Waals surface area (Å²) in [5.41, 5.74) is 6.58. The van der Waals surface area contributed by atoms with Crippen molar-refractivity contribution < 1.29 is 9.53 Å². The second-order valence-electron chi connectivity index (χ2n) is 6.90. The number of hydrogen-bond acceptors (Lipinski definition) is 4. The molecule has 1 atom stereocenters. The lowest BCUT2D eigenvalue weighted by Crippen LogP contribution is -2.43. The van der Waals surface area contributed by atoms with Gasteiger partial charge in [0, 0.05) is 37.4 Å². The van der Waals surface area contributed by atoms with Crippen LogP contribution in [0.5, 0.6) is 0 Å². The minimum atomic E-state index is -0.443. The van der Waals surface area contributed by atoms with E-state index in [2.05, 4.69) is 4.98 Å². The van der Waals surface area contributed by atoms with Crippen LogP contribution in [-0.4, -0.2) is 41.2 Å². The van der Waals surface area contributed by atoms with E-state index in [1.807, 2.05) is 45.2 Å². The molecule has 122 valence electrons. The molecule has 1 saturated heterocycles. The molecule has 1 aliphatic heterocycles. The maximum absolute atomic E-state index is 12.1. The van der Waals surface area contributed by atoms with E-state index in [1.54, 1.807) is 4.90 Å². The molecule has 22 heavy (non-hydrogen) atoms. The van der Waals surface area contributed by atoms with Crippen molar-refractivity contribution in [3.8, 4) is 0 Å². The number of piperidine rings is 1. The quantitative estimate of drug-likeness (QED) is 0.932. The van der Waals surface area contributed by atoms with Crippen LogP contribution in [0.4, 0.5) is 4.79 Å². The lowest BCUT2D eigenvalue weighted by Gasteiger charge is -2.36. The lowest BCUT2D eigenvalue weighted by atomic mass is 9.82. The van der Waals surface area contributed by atoms with E-state index >= 15 is 0 Å². The summed E-state index contributed by atoms with van der Waals surface area (Å²) in [6.07, 6.45) is 3.48. The van der Waals surface area contributed by atoms with Gasteiger partial charge in [-0.25, -0.2) is 4.79 Å². The van der Waals surface area contributed by atoms with Gasteiger partial charge in [0.2, 0.25) is 0 Å². The number of rotatable bonds is 3. The molecule has 2 N–H and O–H groups in total. The van der Waals surface area contributed by atoms with Crippen molar-refractivity contribution >= 4 is 6.09 Å². The third-order valence-corrected chi connectivity index (χ3v) is 4.08. The van der Waals surface area contributed by atoms with Crippen LogP contribution >= 0.6 is 0 Å². The summed E-state index contributed by atoms with van der Waals surface area (Å²) in [5, 5.41) is 0. The highest BCUT2D eigenvalue weighted by Crippen LogP contribution is 2.31. The van der Waals surface area contributed by atoms with Gasteiger partial charge in [0.1, 0.15) is 5.60 Å². The van der Waals surface area contributed by atoms with Crippen LogP contribution < -0.4 is 5.73 Å². The molecule has 0 aromatic carbocycles. The van der Waals surface area contributed by atoms with E-state index in [0.29, 0.717) is 12.5 Å². The van der Waals surface area contributed by atoms with Crippen molar-refractivity contribution in [2.45, 2.75) is 45.1 Å². The average Bonchev–Trinajstić information content (AvgIpc) is 2.48. The van der Waals surface area contributed by atoms with E-state index in [-0.39, 0.29) is 12.0 Å². The molecule has 0 bridgehead atoms. The number of carbonyl (C=O) groups is 1. The number of nitrogens with two attached hydrogens (primary N) is 1. The zero-order valence-electron chi connectivity index (χ0n) is 13.8. The number of nitrogens with zero attached hydrogens (tertiary/aromatic N) is 2. The molecule has 5 heteroatoms. The highest BCUT2D eigenvalue weighted by Gasteiger charge is 2.31. The third kappa shape index (κ3) is 4.44. The predicted octanol–water partition coefficient (Wildman–Crippen LogP) is 2.77. The summed E-state index contributed by atoms with van der Waals surface area (Å²) in [5.74, 6) is 0.737. The molecule has 1 aromatic rings. The van der Waals surface area contributed by atoms with E-state index < -0.39 is 5.60 Å². The van der Waals surface area contributed by atoms with E-state index in [0.717, 1.165) is 31.6 Å². The van der Waals surface area contributed by atoms with Crippen LogP contribution in [0, 0.1) is 5.92 Å². The summed E-state index contributed by atoms with van der Waals surface area (Å²) in [6, 6.07) is 5.96. The number of ether oxygens (including phenoxy) is 1. The molecule has 2 rings (SSSR count). The van der Waals surface area contributed by atoms with Gasteiger partial charge in [-0.1, -0.05) is 6.07 Å². The molecule has 1 amide bonds. The minimum absolute atomic E-state index is 0.215. The van der Waals surface area contributed by atoms with E-state index in [1.165, 1.54) is 0 Å². The molecule has 0 aliphatic carbocycles. The number of aromatic nitrogens is 1. The fourth-order valence-electron chi connectivity index (χ4n) is 2.96. The maximum Gasteiger partial charge on any atom is 0.410 e. The van der Waals surface area contributed by atoms with Crippen molar-refractivity contribution in [1.29, 1.82) is 0 Å². The van der Waals surface area contributed by atoms with E-state index in [4.69, 9.17) is 10.5 Å². The molecule has 0 radical (unpaired) electrons. The Balaban J connectivity index is 1.92. The number of carbonyl (C=O) groups excluding carboxylic acids is 1. The molecule has 5 nitrogen and oxygen atoms in total. The minimum Gasteiger partial charge on any atom is -0.444 e. The third-order valence-electron chi connectivity index (χ3n) is 4.08. The highest BCUT2D eigenvalue weighted by atomic mass is 16.6. The molecular formula is C17H27N3O2. The summed E-state index contributed by atoms with van der Waals surface area (Å²) < 4.78 is 5.43. The van der Waals surface area contributed by atoms with Crippen molar-refractivity contribution in [2.75, 3.05) is 19.6 Å². The van der Waals surface area contributed by atoms with Crippen molar-refractivity contribution in [3.63, 3.8) is 0 Å². The maximum atomic E-state index is 12.1. The topological polar surface area (TPSA) is 68.5 Å². The zero-order valence-corrected chi connectivity index (χ0v) is 13.8. The largest absolute Gasteiger partial charge is 0.444 e. The Bertz CT molecular complexity index is 476. The number of amides is 1. The normalized spacial score (nSPS) is 18.1. The number of likely N-dealkylation sites (tertiary alicyclic amines) is 1. The van der Waals surface area contributed by atoms with Crippen LogP contribution in [0.1, 0.15) is 45.2 Å². The smallest absolute Gasteiger partial charge is 0.410 e. The fraction of sp³-hybridized carbons (Fsp3) is 0.647. The summed E-state index contributed by atoms with van der Waals surface area (Å²) in [7, 11) is 0. The van der Waals surface area contributed by atoms with Gasteiger partial charge in [0.25, 0.3) is 0 Å². The van der Waals surface area contributed by atoms with Crippen LogP contribution in [0.25, 0.3) is 0 Å². The molecule has 0 saturated carbocycles. The number of pyridine rings is 1. The standard InChI is InChI=1S/C17H27N3O2/c1-17(2,3)22-16(21)20-10-7-13(8-11-20)14(12-18)15-6-4-5-9-19-15/h4-6,9,13-14H,7-8,10-12,18H2,1-3H3. The first-order valence-corrected chi connectivity index (χ1v) is 7.99. The van der Waals surface area contributed by atoms with Gasteiger partial charge in [-0.05, 0) is 51.7 Å². The van der Waals surface area contributed by atoms with Crippen molar-refractivity contribution in [1.82, 2.24) is 9.88 Å². The van der Waals surface area contributed by atoms with Gasteiger partial charge in [-0.2, -0.15) is 0 Å². The van der Waals surface area contributed by atoms with Gasteiger partial charge >= 0.3 is 6.09 Å². The first-order chi connectivity index (χ1) is 10.4. The predicted molar refractivity (Wildman–Crippen MR) is 86.6 cm³/mol. The fourth-order valence-corrected chi connectivity index (χ4v) is 2.96. The summed E-state index contributed by atoms with van der Waals surface area (Å²) >= 11 is 0. The summed E-state index contributed by atoms with van der Waals surface area (Å²) in [4.78, 5) is 18.3. The average molecular weight is 305 g/mol. The highest BCUT2D eigenvalue weighted by molar-refractivity contribution is 5.68. The molecule has 0 spiro atoms. The van der Waals surface area contributed by atoms with Crippen molar-refractivity contribution in [2.24, 2.45) is 11.7 Å². The van der Waals surface area contributed by atoms with Crippen LogP contribution in [0.2, 0.25) is 0 Å². The molecular weight excluding hydrogens is 278 g/mol. The van der Waals surface area contributed by atoms with Crippen LogP contribution in [0.15, 0.2) is 24.4 Å². The molecule has 1 aliphatic rings. The van der Waals surface area contributed by atoms with Gasteiger partial charge in [0.05, 0.1) is 0 Å². The SMILES string of the molecule is CC(C)(C)OC(=O)N1CCC(C(CN)c2ccccn2)CC1. The zero-order chi connectivity index (χ0) is 16.2. The first kappa shape index (κ1) is 16.7.